The first-order chi connectivity index (χ1) is 13.7. The predicted molar refractivity (Wildman–Crippen MR) is 102 cm³/mol. The molecule has 0 atom stereocenters. The van der Waals surface area contributed by atoms with E-state index in [1.807, 2.05) is 12.1 Å². The van der Waals surface area contributed by atoms with E-state index >= 15 is 0 Å². The fourth-order valence-electron chi connectivity index (χ4n) is 2.58. The Labute approximate surface area is 164 Å². The van der Waals surface area contributed by atoms with Gasteiger partial charge in [0.15, 0.2) is 16.6 Å². The number of benzene rings is 1. The highest BCUT2D eigenvalue weighted by molar-refractivity contribution is 7.14. The summed E-state index contributed by atoms with van der Waals surface area (Å²) in [5.41, 5.74) is 2.01. The van der Waals surface area contributed by atoms with Gasteiger partial charge in [0.1, 0.15) is 0 Å². The van der Waals surface area contributed by atoms with Crippen molar-refractivity contribution < 1.29 is 19.1 Å². The summed E-state index contributed by atoms with van der Waals surface area (Å²) in [5, 5.41) is 7.75. The van der Waals surface area contributed by atoms with Gasteiger partial charge < -0.3 is 14.8 Å². The van der Waals surface area contributed by atoms with E-state index in [9.17, 15) is 9.59 Å². The van der Waals surface area contributed by atoms with Crippen LogP contribution in [0.25, 0.3) is 0 Å². The quantitative estimate of drug-likeness (QED) is 0.663. The summed E-state index contributed by atoms with van der Waals surface area (Å²) >= 11 is 1.27. The zero-order chi connectivity index (χ0) is 19.3. The van der Waals surface area contributed by atoms with Crippen LogP contribution in [0.5, 0.6) is 11.5 Å². The standard InChI is InChI=1S/C19H16N4O4S/c24-17(21-9-12-3-5-20-6-4-12)8-14-10-28-19(22-14)23-18(25)13-1-2-15-16(7-13)27-11-26-15/h1-7,10H,8-9,11H2,(H,21,24)(H,22,23,25). The number of pyridine rings is 1. The van der Waals surface area contributed by atoms with Crippen LogP contribution >= 0.6 is 11.3 Å². The molecule has 0 bridgehead atoms. The zero-order valence-corrected chi connectivity index (χ0v) is 15.5. The molecule has 1 aliphatic rings. The van der Waals surface area contributed by atoms with E-state index in [0.717, 1.165) is 5.56 Å². The number of nitrogens with zero attached hydrogens (tertiary/aromatic N) is 2. The third-order valence-corrected chi connectivity index (χ3v) is 4.79. The summed E-state index contributed by atoms with van der Waals surface area (Å²) in [6.45, 7) is 0.582. The first kappa shape index (κ1) is 17.9. The number of ether oxygens (including phenoxy) is 2. The molecule has 1 aliphatic heterocycles. The summed E-state index contributed by atoms with van der Waals surface area (Å²) < 4.78 is 10.5. The number of thiazole rings is 1. The molecule has 0 unspecified atom stereocenters. The number of aromatic nitrogens is 2. The van der Waals surface area contributed by atoms with Gasteiger partial charge in [-0.05, 0) is 35.9 Å². The van der Waals surface area contributed by atoms with E-state index in [1.54, 1.807) is 36.0 Å². The largest absolute Gasteiger partial charge is 0.454 e. The molecule has 3 heterocycles. The number of fused-ring (bicyclic) bond motifs is 1. The van der Waals surface area contributed by atoms with E-state index in [4.69, 9.17) is 9.47 Å². The number of hydrogen-bond acceptors (Lipinski definition) is 7. The van der Waals surface area contributed by atoms with Gasteiger partial charge in [0.2, 0.25) is 12.7 Å². The van der Waals surface area contributed by atoms with Crippen molar-refractivity contribution in [2.75, 3.05) is 12.1 Å². The fourth-order valence-corrected chi connectivity index (χ4v) is 3.29. The van der Waals surface area contributed by atoms with Gasteiger partial charge in [-0.25, -0.2) is 4.98 Å². The van der Waals surface area contributed by atoms with Gasteiger partial charge in [0.25, 0.3) is 5.91 Å². The molecular formula is C19H16N4O4S. The molecule has 9 heteroatoms. The van der Waals surface area contributed by atoms with Crippen LogP contribution < -0.4 is 20.1 Å². The van der Waals surface area contributed by atoms with E-state index in [1.165, 1.54) is 11.3 Å². The van der Waals surface area contributed by atoms with Crippen LogP contribution in [0, 0.1) is 0 Å². The monoisotopic (exact) mass is 396 g/mol. The van der Waals surface area contributed by atoms with Crippen LogP contribution in [0.15, 0.2) is 48.1 Å². The summed E-state index contributed by atoms with van der Waals surface area (Å²) in [7, 11) is 0. The van der Waals surface area contributed by atoms with E-state index in [-0.39, 0.29) is 25.0 Å². The summed E-state index contributed by atoms with van der Waals surface area (Å²) in [5.74, 6) is 0.710. The highest BCUT2D eigenvalue weighted by atomic mass is 32.1. The van der Waals surface area contributed by atoms with E-state index in [2.05, 4.69) is 20.6 Å². The van der Waals surface area contributed by atoms with Gasteiger partial charge in [0, 0.05) is 29.9 Å². The Morgan fingerprint density at radius 1 is 1.11 bits per heavy atom. The Kier molecular flexibility index (Phi) is 5.16. The average Bonchev–Trinajstić information content (AvgIpc) is 3.35. The minimum absolute atomic E-state index is 0.140. The minimum atomic E-state index is -0.304. The predicted octanol–water partition coefficient (Wildman–Crippen LogP) is 2.38. The Morgan fingerprint density at radius 3 is 2.79 bits per heavy atom. The smallest absolute Gasteiger partial charge is 0.257 e. The van der Waals surface area contributed by atoms with Crippen molar-refractivity contribution in [1.82, 2.24) is 15.3 Å². The molecule has 0 spiro atoms. The first-order valence-corrected chi connectivity index (χ1v) is 9.36. The number of hydrogen-bond donors (Lipinski definition) is 2. The molecule has 8 nitrogen and oxygen atoms in total. The van der Waals surface area contributed by atoms with Crippen LogP contribution in [0.2, 0.25) is 0 Å². The van der Waals surface area contributed by atoms with Crippen LogP contribution in [-0.4, -0.2) is 28.6 Å². The van der Waals surface area contributed by atoms with Gasteiger partial charge in [-0.15, -0.1) is 11.3 Å². The lowest BCUT2D eigenvalue weighted by Crippen LogP contribution is -2.24. The normalized spacial score (nSPS) is 11.9. The van der Waals surface area contributed by atoms with Crippen LogP contribution in [0.4, 0.5) is 5.13 Å². The van der Waals surface area contributed by atoms with Crippen molar-refractivity contribution in [3.63, 3.8) is 0 Å². The second-order valence-corrected chi connectivity index (χ2v) is 6.83. The lowest BCUT2D eigenvalue weighted by atomic mass is 10.2. The number of amides is 2. The van der Waals surface area contributed by atoms with Crippen molar-refractivity contribution in [2.45, 2.75) is 13.0 Å². The summed E-state index contributed by atoms with van der Waals surface area (Å²) in [6, 6.07) is 8.65. The zero-order valence-electron chi connectivity index (χ0n) is 14.7. The van der Waals surface area contributed by atoms with E-state index < -0.39 is 0 Å². The number of anilines is 1. The van der Waals surface area contributed by atoms with Crippen LogP contribution in [-0.2, 0) is 17.8 Å². The second kappa shape index (κ2) is 8.05. The number of carbonyl (C=O) groups is 2. The third kappa shape index (κ3) is 4.26. The molecular weight excluding hydrogens is 380 g/mol. The molecule has 1 aromatic carbocycles. The Balaban J connectivity index is 1.31. The summed E-state index contributed by atoms with van der Waals surface area (Å²) in [6.07, 6.45) is 3.50. The Hall–Kier alpha value is -3.46. The molecule has 0 radical (unpaired) electrons. The third-order valence-electron chi connectivity index (χ3n) is 3.99. The number of rotatable bonds is 6. The first-order valence-electron chi connectivity index (χ1n) is 8.48. The molecule has 142 valence electrons. The molecule has 0 aliphatic carbocycles. The molecule has 0 saturated carbocycles. The average molecular weight is 396 g/mol. The molecule has 2 N–H and O–H groups in total. The van der Waals surface area contributed by atoms with Crippen molar-refractivity contribution in [2.24, 2.45) is 0 Å². The lowest BCUT2D eigenvalue weighted by Gasteiger charge is -2.04. The molecule has 4 rings (SSSR count). The van der Waals surface area contributed by atoms with Crippen LogP contribution in [0.1, 0.15) is 21.6 Å². The van der Waals surface area contributed by atoms with Crippen molar-refractivity contribution in [3.05, 3.63) is 64.9 Å². The SMILES string of the molecule is O=C(Cc1csc(NC(=O)c2ccc3c(c2)OCO3)n1)NCc1ccncc1. The minimum Gasteiger partial charge on any atom is -0.454 e. The maximum atomic E-state index is 12.4. The van der Waals surface area contributed by atoms with Gasteiger partial charge in [-0.2, -0.15) is 0 Å². The maximum Gasteiger partial charge on any atom is 0.257 e. The van der Waals surface area contributed by atoms with E-state index in [0.29, 0.717) is 34.4 Å². The second-order valence-electron chi connectivity index (χ2n) is 5.98. The number of nitrogens with one attached hydrogen (secondary N) is 2. The highest BCUT2D eigenvalue weighted by Gasteiger charge is 2.17. The van der Waals surface area contributed by atoms with Crippen molar-refractivity contribution in [3.8, 4) is 11.5 Å². The van der Waals surface area contributed by atoms with Gasteiger partial charge in [-0.3, -0.25) is 19.9 Å². The molecule has 2 aromatic heterocycles. The molecule has 3 aromatic rings. The molecule has 28 heavy (non-hydrogen) atoms. The molecule has 0 fully saturated rings. The molecule has 2 amide bonds. The lowest BCUT2D eigenvalue weighted by molar-refractivity contribution is -0.120. The van der Waals surface area contributed by atoms with Gasteiger partial charge in [0.05, 0.1) is 12.1 Å². The highest BCUT2D eigenvalue weighted by Crippen LogP contribution is 2.32. The Bertz CT molecular complexity index is 1010. The number of carbonyl (C=O) groups excluding carboxylic acids is 2. The van der Waals surface area contributed by atoms with Crippen molar-refractivity contribution >= 4 is 28.3 Å². The molecule has 0 saturated heterocycles. The fraction of sp³-hybridized carbons (Fsp3) is 0.158. The van der Waals surface area contributed by atoms with Crippen LogP contribution in [0.3, 0.4) is 0 Å². The topological polar surface area (TPSA) is 102 Å². The Morgan fingerprint density at radius 2 is 1.93 bits per heavy atom. The van der Waals surface area contributed by atoms with Gasteiger partial charge >= 0.3 is 0 Å². The maximum absolute atomic E-state index is 12.4. The van der Waals surface area contributed by atoms with Gasteiger partial charge in [-0.1, -0.05) is 0 Å². The summed E-state index contributed by atoms with van der Waals surface area (Å²) in [4.78, 5) is 32.7. The van der Waals surface area contributed by atoms with Crippen molar-refractivity contribution in [1.29, 1.82) is 0 Å².